The third-order valence-electron chi connectivity index (χ3n) is 4.52. The van der Waals surface area contributed by atoms with Crippen LogP contribution in [-0.4, -0.2) is 18.1 Å². The molecule has 1 aromatic heterocycles. The van der Waals surface area contributed by atoms with Gasteiger partial charge in [0.15, 0.2) is 5.43 Å². The van der Waals surface area contributed by atoms with Gasteiger partial charge in [0.25, 0.3) is 0 Å². The second-order valence-electron chi connectivity index (χ2n) is 6.43. The van der Waals surface area contributed by atoms with E-state index < -0.39 is 0 Å². The Bertz CT molecular complexity index is 709. The summed E-state index contributed by atoms with van der Waals surface area (Å²) in [5.41, 5.74) is 4.23. The number of hydrogen-bond donors (Lipinski definition) is 1. The van der Waals surface area contributed by atoms with Gasteiger partial charge in [0.1, 0.15) is 0 Å². The highest BCUT2D eigenvalue weighted by molar-refractivity contribution is 5.83. The molecule has 1 aromatic carbocycles. The van der Waals surface area contributed by atoms with Crippen LogP contribution in [-0.2, 0) is 0 Å². The summed E-state index contributed by atoms with van der Waals surface area (Å²) < 4.78 is 0. The largest absolute Gasteiger partial charge is 0.372 e. The van der Waals surface area contributed by atoms with Gasteiger partial charge in [0, 0.05) is 40.9 Å². The monoisotopic (exact) mass is 284 g/mol. The average Bonchev–Trinajstić information content (AvgIpc) is 2.47. The fourth-order valence-electron chi connectivity index (χ4n) is 3.46. The number of aryl methyl sites for hydroxylation is 1. The van der Waals surface area contributed by atoms with Crippen molar-refractivity contribution in [3.05, 3.63) is 39.7 Å². The van der Waals surface area contributed by atoms with E-state index in [0.717, 1.165) is 35.2 Å². The molecule has 0 unspecified atom stereocenters. The summed E-state index contributed by atoms with van der Waals surface area (Å²) in [6.07, 6.45) is 3.82. The number of aromatic amines is 1. The topological polar surface area (TPSA) is 36.1 Å². The Morgan fingerprint density at radius 2 is 1.86 bits per heavy atom. The van der Waals surface area contributed by atoms with Crippen LogP contribution in [0.25, 0.3) is 10.9 Å². The van der Waals surface area contributed by atoms with Crippen LogP contribution in [0.4, 0.5) is 5.69 Å². The summed E-state index contributed by atoms with van der Waals surface area (Å²) in [7, 11) is 0. The zero-order valence-electron chi connectivity index (χ0n) is 13.2. The highest BCUT2D eigenvalue weighted by atomic mass is 16.1. The molecule has 1 aliphatic rings. The lowest BCUT2D eigenvalue weighted by Crippen LogP contribution is -2.29. The van der Waals surface area contributed by atoms with Crippen LogP contribution in [0.15, 0.2) is 23.0 Å². The number of nitrogens with zero attached hydrogens (tertiary/aromatic N) is 1. The van der Waals surface area contributed by atoms with Crippen LogP contribution < -0.4 is 10.3 Å². The van der Waals surface area contributed by atoms with E-state index in [9.17, 15) is 4.79 Å². The van der Waals surface area contributed by atoms with E-state index in [-0.39, 0.29) is 11.3 Å². The fourth-order valence-corrected chi connectivity index (χ4v) is 3.46. The van der Waals surface area contributed by atoms with Gasteiger partial charge in [-0.2, -0.15) is 0 Å². The Morgan fingerprint density at radius 3 is 2.52 bits per heavy atom. The number of nitrogens with one attached hydrogen (secondary N) is 1. The molecule has 112 valence electrons. The van der Waals surface area contributed by atoms with Gasteiger partial charge in [-0.3, -0.25) is 4.79 Å². The Hall–Kier alpha value is -1.77. The number of rotatable bonds is 2. The van der Waals surface area contributed by atoms with Gasteiger partial charge in [-0.05, 0) is 50.3 Å². The molecule has 0 spiro atoms. The molecule has 3 heteroatoms. The molecule has 1 N–H and O–H groups in total. The van der Waals surface area contributed by atoms with Gasteiger partial charge in [-0.25, -0.2) is 0 Å². The Kier molecular flexibility index (Phi) is 3.75. The van der Waals surface area contributed by atoms with E-state index in [2.05, 4.69) is 41.9 Å². The van der Waals surface area contributed by atoms with Crippen molar-refractivity contribution >= 4 is 16.6 Å². The third kappa shape index (κ3) is 2.57. The number of pyridine rings is 1. The molecule has 2 aromatic rings. The van der Waals surface area contributed by atoms with Gasteiger partial charge in [0.05, 0.1) is 0 Å². The molecule has 3 nitrogen and oxygen atoms in total. The summed E-state index contributed by atoms with van der Waals surface area (Å²) in [5.74, 6) is 0.247. The summed E-state index contributed by atoms with van der Waals surface area (Å²) >= 11 is 0. The Morgan fingerprint density at radius 1 is 1.14 bits per heavy atom. The van der Waals surface area contributed by atoms with Crippen molar-refractivity contribution in [2.24, 2.45) is 0 Å². The molecule has 0 radical (unpaired) electrons. The van der Waals surface area contributed by atoms with Crippen LogP contribution in [0.3, 0.4) is 0 Å². The van der Waals surface area contributed by atoms with E-state index >= 15 is 0 Å². The number of benzene rings is 1. The van der Waals surface area contributed by atoms with Gasteiger partial charge >= 0.3 is 0 Å². The van der Waals surface area contributed by atoms with Crippen molar-refractivity contribution in [1.82, 2.24) is 4.98 Å². The van der Waals surface area contributed by atoms with E-state index in [1.165, 1.54) is 24.9 Å². The van der Waals surface area contributed by atoms with E-state index in [4.69, 9.17) is 0 Å². The SMILES string of the molecule is Cc1[nH]c2ccc(N3CCCCC3)cc2c(=O)c1C(C)C. The lowest BCUT2D eigenvalue weighted by molar-refractivity contribution is 0.578. The summed E-state index contributed by atoms with van der Waals surface area (Å²) in [5, 5.41) is 0.826. The lowest BCUT2D eigenvalue weighted by Gasteiger charge is -2.29. The van der Waals surface area contributed by atoms with Crippen molar-refractivity contribution in [1.29, 1.82) is 0 Å². The summed E-state index contributed by atoms with van der Waals surface area (Å²) in [4.78, 5) is 18.6. The van der Waals surface area contributed by atoms with Crippen LogP contribution >= 0.6 is 0 Å². The molecule has 0 aliphatic carbocycles. The van der Waals surface area contributed by atoms with Crippen molar-refractivity contribution in [2.75, 3.05) is 18.0 Å². The van der Waals surface area contributed by atoms with Crippen LogP contribution in [0.2, 0.25) is 0 Å². The number of H-pyrrole nitrogens is 1. The van der Waals surface area contributed by atoms with Crippen LogP contribution in [0.1, 0.15) is 50.3 Å². The first-order valence-corrected chi connectivity index (χ1v) is 7.99. The number of fused-ring (bicyclic) bond motifs is 1. The molecule has 0 atom stereocenters. The second kappa shape index (κ2) is 5.55. The van der Waals surface area contributed by atoms with Crippen LogP contribution in [0, 0.1) is 6.92 Å². The molecule has 1 saturated heterocycles. The summed E-state index contributed by atoms with van der Waals surface area (Å²) in [6.45, 7) is 8.36. The normalized spacial score (nSPS) is 15.9. The minimum absolute atomic E-state index is 0.190. The molecule has 0 amide bonds. The minimum atomic E-state index is 0.190. The zero-order chi connectivity index (χ0) is 15.0. The fraction of sp³-hybridized carbons (Fsp3) is 0.500. The van der Waals surface area contributed by atoms with E-state index in [1.54, 1.807) is 0 Å². The minimum Gasteiger partial charge on any atom is -0.372 e. The highest BCUT2D eigenvalue weighted by Crippen LogP contribution is 2.24. The van der Waals surface area contributed by atoms with Crippen molar-refractivity contribution in [3.63, 3.8) is 0 Å². The van der Waals surface area contributed by atoms with Crippen molar-refractivity contribution in [2.45, 2.75) is 46.0 Å². The van der Waals surface area contributed by atoms with Crippen molar-refractivity contribution in [3.8, 4) is 0 Å². The first-order valence-electron chi connectivity index (χ1n) is 7.99. The van der Waals surface area contributed by atoms with Crippen LogP contribution in [0.5, 0.6) is 0 Å². The predicted octanol–water partition coefficient (Wildman–Crippen LogP) is 3.95. The van der Waals surface area contributed by atoms with Gasteiger partial charge in [-0.1, -0.05) is 13.8 Å². The maximum absolute atomic E-state index is 12.8. The highest BCUT2D eigenvalue weighted by Gasteiger charge is 2.15. The molecule has 0 saturated carbocycles. The molecular formula is C18H24N2O. The number of hydrogen-bond acceptors (Lipinski definition) is 2. The maximum Gasteiger partial charge on any atom is 0.193 e. The second-order valence-corrected chi connectivity index (χ2v) is 6.43. The molecule has 0 bridgehead atoms. The van der Waals surface area contributed by atoms with Gasteiger partial charge in [-0.15, -0.1) is 0 Å². The number of aromatic nitrogens is 1. The first kappa shape index (κ1) is 14.2. The van der Waals surface area contributed by atoms with Gasteiger partial charge < -0.3 is 9.88 Å². The Balaban J connectivity index is 2.13. The molecule has 21 heavy (non-hydrogen) atoms. The van der Waals surface area contributed by atoms with Gasteiger partial charge in [0.2, 0.25) is 0 Å². The third-order valence-corrected chi connectivity index (χ3v) is 4.52. The smallest absolute Gasteiger partial charge is 0.193 e. The summed E-state index contributed by atoms with van der Waals surface area (Å²) in [6, 6.07) is 6.26. The first-order chi connectivity index (χ1) is 10.1. The van der Waals surface area contributed by atoms with E-state index in [0.29, 0.717) is 0 Å². The Labute approximate surface area is 126 Å². The molecular weight excluding hydrogens is 260 g/mol. The maximum atomic E-state index is 12.8. The molecule has 3 rings (SSSR count). The number of anilines is 1. The van der Waals surface area contributed by atoms with Crippen molar-refractivity contribution < 1.29 is 0 Å². The molecule has 2 heterocycles. The average molecular weight is 284 g/mol. The lowest BCUT2D eigenvalue weighted by atomic mass is 9.98. The van der Waals surface area contributed by atoms with E-state index in [1.807, 2.05) is 6.92 Å². The molecule has 1 fully saturated rings. The standard InChI is InChI=1S/C18H24N2O/c1-12(2)17-13(3)19-16-8-7-14(11-15(16)18(17)21)20-9-5-4-6-10-20/h7-8,11-12H,4-6,9-10H2,1-3H3,(H,19,21). The zero-order valence-corrected chi connectivity index (χ0v) is 13.2. The molecule has 1 aliphatic heterocycles. The predicted molar refractivity (Wildman–Crippen MR) is 89.5 cm³/mol. The quantitative estimate of drug-likeness (QED) is 0.906. The number of piperidine rings is 1.